The number of aryl methyl sites for hydroxylation is 1. The van der Waals surface area contributed by atoms with Gasteiger partial charge in [-0.3, -0.25) is 0 Å². The SMILES string of the molecule is CC(C)c1ccc2c(CCCC[As]S(=O)(=O)c3ccc(Cl)cc3)cc(S(=O)(=O)O)c-2cc1. The fourth-order valence-corrected chi connectivity index (χ4v) is 9.87. The van der Waals surface area contributed by atoms with Gasteiger partial charge in [0, 0.05) is 0 Å². The van der Waals surface area contributed by atoms with Crippen molar-refractivity contribution >= 4 is 44.4 Å². The Balaban J connectivity index is 1.70. The van der Waals surface area contributed by atoms with Gasteiger partial charge in [-0.2, -0.15) is 0 Å². The Kier molecular flexibility index (Phi) is 8.10. The molecule has 171 valence electrons. The monoisotopic (exact) mass is 555 g/mol. The van der Waals surface area contributed by atoms with Crippen LogP contribution in [0.4, 0.5) is 0 Å². The van der Waals surface area contributed by atoms with E-state index in [1.807, 2.05) is 18.2 Å². The Morgan fingerprint density at radius 3 is 2.12 bits per heavy atom. The second kappa shape index (κ2) is 10.3. The van der Waals surface area contributed by atoms with Gasteiger partial charge < -0.3 is 0 Å². The fraction of sp³-hybridized carbons (Fsp3) is 0.304. The van der Waals surface area contributed by atoms with Gasteiger partial charge in [-0.25, -0.2) is 0 Å². The average molecular weight is 556 g/mol. The molecule has 1 aromatic carbocycles. The standard InChI is InChI=1S/C23H25AsClO5S2/c1-16(2)17-6-12-21-18(15-23(32(28,29)30)22(21)13-7-17)5-3-4-14-24-31(26,27)20-10-8-19(25)9-11-20/h6-13,15-16H,3-5,14H2,1-2H3,(H,28,29,30). The second-order valence-corrected chi connectivity index (χ2v) is 17.0. The second-order valence-electron chi connectivity index (χ2n) is 7.90. The fourth-order valence-electron chi connectivity index (χ4n) is 3.50. The number of unbranched alkanes of at least 4 members (excludes halogenated alkanes) is 1. The van der Waals surface area contributed by atoms with Gasteiger partial charge in [0.25, 0.3) is 0 Å². The first-order valence-electron chi connectivity index (χ1n) is 10.2. The Morgan fingerprint density at radius 2 is 1.53 bits per heavy atom. The Morgan fingerprint density at radius 1 is 0.906 bits per heavy atom. The van der Waals surface area contributed by atoms with Crippen molar-refractivity contribution in [1.29, 1.82) is 0 Å². The summed E-state index contributed by atoms with van der Waals surface area (Å²) in [5, 5.41) is 1.09. The summed E-state index contributed by atoms with van der Waals surface area (Å²) in [5.41, 5.74) is 3.22. The molecular formula is C23H25AsClO5S2. The number of halogens is 1. The van der Waals surface area contributed by atoms with Gasteiger partial charge in [0.05, 0.1) is 0 Å². The molecule has 0 bridgehead atoms. The Labute approximate surface area is 200 Å². The van der Waals surface area contributed by atoms with Crippen LogP contribution in [0.1, 0.15) is 43.7 Å². The van der Waals surface area contributed by atoms with Crippen LogP contribution in [0.15, 0.2) is 64.4 Å². The maximum atomic E-state index is 12.5. The van der Waals surface area contributed by atoms with E-state index < -0.39 is 32.8 Å². The molecule has 0 aromatic heterocycles. The van der Waals surface area contributed by atoms with Crippen LogP contribution in [0, 0.1) is 0 Å². The maximum absolute atomic E-state index is 12.5. The van der Waals surface area contributed by atoms with Crippen molar-refractivity contribution in [2.75, 3.05) is 0 Å². The van der Waals surface area contributed by atoms with E-state index in [9.17, 15) is 21.4 Å². The number of hydrogen-bond acceptors (Lipinski definition) is 4. The van der Waals surface area contributed by atoms with Gasteiger partial charge in [-0.1, -0.05) is 0 Å². The van der Waals surface area contributed by atoms with E-state index in [0.717, 1.165) is 29.5 Å². The molecule has 0 saturated heterocycles. The summed E-state index contributed by atoms with van der Waals surface area (Å²) >= 11 is 4.92. The predicted octanol–water partition coefficient (Wildman–Crippen LogP) is 5.65. The first-order valence-corrected chi connectivity index (χ1v) is 17.1. The van der Waals surface area contributed by atoms with Gasteiger partial charge in [-0.15, -0.1) is 0 Å². The minimum atomic E-state index is -4.34. The average Bonchev–Trinajstić information content (AvgIpc) is 2.91. The molecule has 0 spiro atoms. The van der Waals surface area contributed by atoms with Crippen molar-refractivity contribution in [3.8, 4) is 11.1 Å². The molecule has 0 aliphatic heterocycles. The van der Waals surface area contributed by atoms with Crippen LogP contribution in [0.5, 0.6) is 0 Å². The quantitative estimate of drug-likeness (QED) is 0.209. The van der Waals surface area contributed by atoms with Gasteiger partial charge in [0.1, 0.15) is 0 Å². The normalized spacial score (nSPS) is 12.9. The van der Waals surface area contributed by atoms with E-state index in [1.165, 1.54) is 18.2 Å². The van der Waals surface area contributed by atoms with Crippen molar-refractivity contribution in [2.24, 2.45) is 0 Å². The van der Waals surface area contributed by atoms with Crippen molar-refractivity contribution in [3.63, 3.8) is 0 Å². The van der Waals surface area contributed by atoms with E-state index in [4.69, 9.17) is 11.6 Å². The molecule has 5 nitrogen and oxygen atoms in total. The molecule has 2 aliphatic rings. The van der Waals surface area contributed by atoms with Crippen LogP contribution in [-0.2, 0) is 24.6 Å². The molecule has 0 unspecified atom stereocenters. The van der Waals surface area contributed by atoms with E-state index in [0.29, 0.717) is 27.1 Å². The van der Waals surface area contributed by atoms with Crippen LogP contribution in [-0.4, -0.2) is 36.0 Å². The van der Waals surface area contributed by atoms with Gasteiger partial charge in [0.2, 0.25) is 0 Å². The molecule has 1 N–H and O–H groups in total. The molecule has 32 heavy (non-hydrogen) atoms. The van der Waals surface area contributed by atoms with Crippen LogP contribution < -0.4 is 0 Å². The summed E-state index contributed by atoms with van der Waals surface area (Å²) in [7, 11) is -7.62. The van der Waals surface area contributed by atoms with Crippen LogP contribution in [0.2, 0.25) is 10.2 Å². The third-order valence-corrected chi connectivity index (χ3v) is 13.1. The molecule has 3 rings (SSSR count). The molecular weight excluding hydrogens is 531 g/mol. The van der Waals surface area contributed by atoms with Crippen LogP contribution in [0.3, 0.4) is 0 Å². The van der Waals surface area contributed by atoms with Crippen molar-refractivity contribution in [3.05, 3.63) is 70.7 Å². The van der Waals surface area contributed by atoms with Crippen LogP contribution in [0.25, 0.3) is 11.1 Å². The number of benzene rings is 1. The Bertz CT molecular complexity index is 1270. The zero-order chi connectivity index (χ0) is 23.5. The third-order valence-electron chi connectivity index (χ3n) is 5.26. The third kappa shape index (κ3) is 6.15. The van der Waals surface area contributed by atoms with Gasteiger partial charge in [0.15, 0.2) is 0 Å². The molecule has 0 amide bonds. The zero-order valence-electron chi connectivity index (χ0n) is 17.8. The van der Waals surface area contributed by atoms with E-state index in [-0.39, 0.29) is 10.8 Å². The number of fused-ring (bicyclic) bond motifs is 1. The summed E-state index contributed by atoms with van der Waals surface area (Å²) in [6, 6.07) is 15.3. The molecule has 0 atom stereocenters. The first-order chi connectivity index (χ1) is 15.0. The summed E-state index contributed by atoms with van der Waals surface area (Å²) in [6.07, 6.45) is 2.05. The molecule has 1 aromatic rings. The summed E-state index contributed by atoms with van der Waals surface area (Å²) in [5.74, 6) is 0.287. The van der Waals surface area contributed by atoms with Gasteiger partial charge in [-0.05, 0) is 0 Å². The molecule has 0 heterocycles. The molecule has 1 radical (unpaired) electrons. The van der Waals surface area contributed by atoms with Crippen molar-refractivity contribution < 1.29 is 21.4 Å². The molecule has 0 saturated carbocycles. The number of rotatable bonds is 9. The van der Waals surface area contributed by atoms with E-state index in [2.05, 4.69) is 13.8 Å². The molecule has 0 fully saturated rings. The number of hydrogen-bond donors (Lipinski definition) is 1. The summed E-state index contributed by atoms with van der Waals surface area (Å²) in [6.45, 7) is 4.12. The van der Waals surface area contributed by atoms with Crippen molar-refractivity contribution in [1.82, 2.24) is 0 Å². The first kappa shape index (κ1) is 25.3. The predicted molar refractivity (Wildman–Crippen MR) is 129 cm³/mol. The van der Waals surface area contributed by atoms with E-state index >= 15 is 0 Å². The molecule has 9 heteroatoms. The van der Waals surface area contributed by atoms with Gasteiger partial charge >= 0.3 is 202 Å². The Hall–Kier alpha value is -1.37. The topological polar surface area (TPSA) is 88.5 Å². The minimum absolute atomic E-state index is 0.0787. The summed E-state index contributed by atoms with van der Waals surface area (Å²) in [4.78, 5) is 0.222. The zero-order valence-corrected chi connectivity index (χ0v) is 22.1. The summed E-state index contributed by atoms with van der Waals surface area (Å²) < 4.78 is 58.5. The van der Waals surface area contributed by atoms with E-state index in [1.54, 1.807) is 18.2 Å². The molecule has 2 aliphatic carbocycles. The van der Waals surface area contributed by atoms with Crippen LogP contribution >= 0.6 is 11.6 Å². The van der Waals surface area contributed by atoms with Crippen molar-refractivity contribution in [2.45, 2.75) is 54.0 Å².